The average Bonchev–Trinajstić information content (AvgIpc) is 3.16. The number of nitrogens with zero attached hydrogens (tertiary/aromatic N) is 3. The lowest BCUT2D eigenvalue weighted by atomic mass is 9.78. The zero-order valence-electron chi connectivity index (χ0n) is 14.4. The molecule has 1 amide bonds. The average molecular weight is 375 g/mol. The van der Waals surface area contributed by atoms with Crippen LogP contribution in [0.5, 0.6) is 0 Å². The Morgan fingerprint density at radius 2 is 2.16 bits per heavy atom. The van der Waals surface area contributed by atoms with Crippen LogP contribution in [-0.2, 0) is 4.79 Å². The zero-order valence-corrected chi connectivity index (χ0v) is 16.1. The largest absolute Gasteiger partial charge is 0.352 e. The lowest BCUT2D eigenvalue weighted by Gasteiger charge is -2.34. The molecule has 1 aliphatic rings. The first kappa shape index (κ1) is 16.8. The van der Waals surface area contributed by atoms with Gasteiger partial charge in [0, 0.05) is 6.04 Å². The normalized spacial score (nSPS) is 24.0. The molecule has 132 valence electrons. The lowest BCUT2D eigenvalue weighted by molar-refractivity contribution is -0.120. The van der Waals surface area contributed by atoms with E-state index in [-0.39, 0.29) is 5.91 Å². The van der Waals surface area contributed by atoms with Crippen LogP contribution in [0.15, 0.2) is 29.4 Å². The van der Waals surface area contributed by atoms with Crippen LogP contribution in [0.25, 0.3) is 15.2 Å². The molecule has 0 radical (unpaired) electrons. The van der Waals surface area contributed by atoms with Crippen LogP contribution in [0, 0.1) is 11.8 Å². The number of para-hydroxylation sites is 1. The maximum atomic E-state index is 12.4. The summed E-state index contributed by atoms with van der Waals surface area (Å²) in [5.74, 6) is 1.69. The number of rotatable bonds is 4. The van der Waals surface area contributed by atoms with Crippen molar-refractivity contribution in [3.8, 4) is 0 Å². The predicted molar refractivity (Wildman–Crippen MR) is 103 cm³/mol. The van der Waals surface area contributed by atoms with Gasteiger partial charge in [-0.2, -0.15) is 0 Å². The number of nitrogens with one attached hydrogen (secondary N) is 1. The molecule has 0 saturated heterocycles. The van der Waals surface area contributed by atoms with E-state index >= 15 is 0 Å². The van der Waals surface area contributed by atoms with Crippen LogP contribution in [0.1, 0.15) is 33.1 Å². The second kappa shape index (κ2) is 6.96. The fourth-order valence-electron chi connectivity index (χ4n) is 3.61. The van der Waals surface area contributed by atoms with Crippen LogP contribution in [0.3, 0.4) is 0 Å². The summed E-state index contributed by atoms with van der Waals surface area (Å²) in [5, 5.41) is 12.5. The van der Waals surface area contributed by atoms with Gasteiger partial charge in [-0.3, -0.25) is 9.20 Å². The van der Waals surface area contributed by atoms with E-state index < -0.39 is 0 Å². The first-order chi connectivity index (χ1) is 12.1. The van der Waals surface area contributed by atoms with Gasteiger partial charge in [-0.05, 0) is 30.4 Å². The Hall–Kier alpha value is -1.60. The standard InChI is InChI=1S/C18H22N4OS2/c1-11-6-5-7-13(12(11)2)19-16(23)10-24-17-20-21-18-22(17)14-8-3-4-9-15(14)25-18/h3-4,8-9,11-13H,5-7,10H2,1-2H3,(H,19,23)/t11-,12+,13-/m0/s1. The van der Waals surface area contributed by atoms with Gasteiger partial charge in [0.2, 0.25) is 10.9 Å². The van der Waals surface area contributed by atoms with Crippen molar-refractivity contribution in [2.75, 3.05) is 5.75 Å². The van der Waals surface area contributed by atoms with Gasteiger partial charge >= 0.3 is 0 Å². The topological polar surface area (TPSA) is 59.3 Å². The summed E-state index contributed by atoms with van der Waals surface area (Å²) in [6.07, 6.45) is 3.56. The van der Waals surface area contributed by atoms with E-state index in [1.165, 1.54) is 29.3 Å². The molecule has 3 aromatic rings. The highest BCUT2D eigenvalue weighted by atomic mass is 32.2. The van der Waals surface area contributed by atoms with Crippen molar-refractivity contribution in [2.45, 2.75) is 44.3 Å². The van der Waals surface area contributed by atoms with E-state index in [9.17, 15) is 4.79 Å². The van der Waals surface area contributed by atoms with E-state index in [4.69, 9.17) is 0 Å². The summed E-state index contributed by atoms with van der Waals surface area (Å²) in [4.78, 5) is 13.3. The summed E-state index contributed by atoms with van der Waals surface area (Å²) in [5.41, 5.74) is 1.10. The number of aromatic nitrogens is 3. The molecule has 7 heteroatoms. The molecule has 1 N–H and O–H groups in total. The maximum Gasteiger partial charge on any atom is 0.230 e. The maximum absolute atomic E-state index is 12.4. The molecule has 2 aromatic heterocycles. The third-order valence-corrected chi connectivity index (χ3v) is 7.24. The van der Waals surface area contributed by atoms with Gasteiger partial charge < -0.3 is 5.32 Å². The Labute approximate surface area is 155 Å². The number of thiazole rings is 1. The van der Waals surface area contributed by atoms with E-state index in [0.717, 1.165) is 22.1 Å². The Morgan fingerprint density at radius 3 is 3.04 bits per heavy atom. The van der Waals surface area contributed by atoms with Crippen LogP contribution in [0.4, 0.5) is 0 Å². The molecule has 25 heavy (non-hydrogen) atoms. The van der Waals surface area contributed by atoms with Crippen molar-refractivity contribution < 1.29 is 4.79 Å². The smallest absolute Gasteiger partial charge is 0.230 e. The number of fused-ring (bicyclic) bond motifs is 3. The molecule has 0 aliphatic heterocycles. The summed E-state index contributed by atoms with van der Waals surface area (Å²) < 4.78 is 3.23. The molecular weight excluding hydrogens is 352 g/mol. The summed E-state index contributed by atoms with van der Waals surface area (Å²) >= 11 is 3.08. The van der Waals surface area contributed by atoms with Gasteiger partial charge in [0.15, 0.2) is 5.16 Å². The highest BCUT2D eigenvalue weighted by Crippen LogP contribution is 2.31. The third-order valence-electron chi connectivity index (χ3n) is 5.30. The first-order valence-corrected chi connectivity index (χ1v) is 10.6. The highest BCUT2D eigenvalue weighted by Gasteiger charge is 2.28. The van der Waals surface area contributed by atoms with E-state index in [1.54, 1.807) is 11.3 Å². The van der Waals surface area contributed by atoms with Crippen molar-refractivity contribution in [3.05, 3.63) is 24.3 Å². The number of thioether (sulfide) groups is 1. The van der Waals surface area contributed by atoms with Crippen LogP contribution < -0.4 is 5.32 Å². The predicted octanol–water partition coefficient (Wildman–Crippen LogP) is 3.98. The van der Waals surface area contributed by atoms with Crippen molar-refractivity contribution in [1.29, 1.82) is 0 Å². The van der Waals surface area contributed by atoms with E-state index in [2.05, 4.69) is 41.5 Å². The van der Waals surface area contributed by atoms with Crippen molar-refractivity contribution in [3.63, 3.8) is 0 Å². The van der Waals surface area contributed by atoms with Crippen molar-refractivity contribution >= 4 is 44.2 Å². The zero-order chi connectivity index (χ0) is 17.4. The third kappa shape index (κ3) is 3.27. The molecule has 0 spiro atoms. The van der Waals surface area contributed by atoms with Gasteiger partial charge in [-0.25, -0.2) is 0 Å². The monoisotopic (exact) mass is 374 g/mol. The van der Waals surface area contributed by atoms with E-state index in [0.29, 0.717) is 23.6 Å². The molecule has 3 atom stereocenters. The minimum absolute atomic E-state index is 0.0900. The molecule has 0 unspecified atom stereocenters. The van der Waals surface area contributed by atoms with E-state index in [1.807, 2.05) is 16.5 Å². The Balaban J connectivity index is 1.44. The molecule has 0 bridgehead atoms. The number of benzene rings is 1. The van der Waals surface area contributed by atoms with Crippen molar-refractivity contribution in [1.82, 2.24) is 19.9 Å². The van der Waals surface area contributed by atoms with Crippen molar-refractivity contribution in [2.24, 2.45) is 11.8 Å². The molecule has 4 rings (SSSR count). The number of hydrogen-bond donors (Lipinski definition) is 1. The molecule has 5 nitrogen and oxygen atoms in total. The molecule has 1 saturated carbocycles. The van der Waals surface area contributed by atoms with Gasteiger partial charge in [0.05, 0.1) is 16.0 Å². The minimum Gasteiger partial charge on any atom is -0.352 e. The number of carbonyl (C=O) groups excluding carboxylic acids is 1. The number of amides is 1. The SMILES string of the molecule is C[C@H]1[C@@H](NC(=O)CSc2nnc3sc4ccccc4n23)CCC[C@@H]1C. The summed E-state index contributed by atoms with van der Waals surface area (Å²) in [6, 6.07) is 8.50. The first-order valence-electron chi connectivity index (χ1n) is 8.78. The second-order valence-corrected chi connectivity index (χ2v) is 8.85. The Kier molecular flexibility index (Phi) is 4.69. The Bertz CT molecular complexity index is 903. The fourth-order valence-corrected chi connectivity index (χ4v) is 5.39. The number of carbonyl (C=O) groups is 1. The van der Waals surface area contributed by atoms with Gasteiger partial charge in [-0.1, -0.05) is 61.9 Å². The molecular formula is C18H22N4OS2. The van der Waals surface area contributed by atoms with Gasteiger partial charge in [-0.15, -0.1) is 10.2 Å². The second-order valence-electron chi connectivity index (χ2n) is 6.90. The van der Waals surface area contributed by atoms with Gasteiger partial charge in [0.25, 0.3) is 0 Å². The molecule has 1 fully saturated rings. The minimum atomic E-state index is 0.0900. The number of hydrogen-bond acceptors (Lipinski definition) is 5. The summed E-state index contributed by atoms with van der Waals surface area (Å²) in [7, 11) is 0. The highest BCUT2D eigenvalue weighted by molar-refractivity contribution is 7.99. The lowest BCUT2D eigenvalue weighted by Crippen LogP contribution is -2.44. The Morgan fingerprint density at radius 1 is 1.32 bits per heavy atom. The molecule has 1 aromatic carbocycles. The van der Waals surface area contributed by atoms with Crippen LogP contribution in [-0.4, -0.2) is 32.3 Å². The van der Waals surface area contributed by atoms with Gasteiger partial charge in [0.1, 0.15) is 0 Å². The fraction of sp³-hybridized carbons (Fsp3) is 0.500. The molecule has 2 heterocycles. The van der Waals surface area contributed by atoms with Crippen LogP contribution in [0.2, 0.25) is 0 Å². The molecule has 1 aliphatic carbocycles. The van der Waals surface area contributed by atoms with Crippen LogP contribution >= 0.6 is 23.1 Å². The summed E-state index contributed by atoms with van der Waals surface area (Å²) in [6.45, 7) is 4.54. The quantitative estimate of drug-likeness (QED) is 0.702.